The molecule has 6 nitrogen and oxygen atoms in total. The maximum absolute atomic E-state index is 13.2. The zero-order valence-electron chi connectivity index (χ0n) is 14.4. The molecule has 0 aliphatic rings. The van der Waals surface area contributed by atoms with Crippen LogP contribution in [0.2, 0.25) is 0 Å². The molecule has 0 bridgehead atoms. The zero-order valence-corrected chi connectivity index (χ0v) is 15.3. The topological polar surface area (TPSA) is 85.2 Å². The average molecular weight is 366 g/mol. The molecule has 3 atom stereocenters. The Morgan fingerprint density at radius 1 is 0.920 bits per heavy atom. The summed E-state index contributed by atoms with van der Waals surface area (Å²) in [5.74, 6) is 0. The van der Waals surface area contributed by atoms with Crippen molar-refractivity contribution in [2.75, 3.05) is 21.3 Å². The molecule has 0 unspecified atom stereocenters. The van der Waals surface area contributed by atoms with Gasteiger partial charge in [-0.2, -0.15) is 0 Å². The molecule has 0 saturated heterocycles. The van der Waals surface area contributed by atoms with Gasteiger partial charge in [0.05, 0.1) is 0 Å². The largest absolute Gasteiger partial charge is 0.386 e. The number of rotatable bonds is 8. The van der Waals surface area contributed by atoms with Crippen molar-refractivity contribution < 1.29 is 28.6 Å². The van der Waals surface area contributed by atoms with E-state index >= 15 is 0 Å². The maximum atomic E-state index is 13.2. The molecule has 0 aliphatic heterocycles. The molecule has 0 saturated carbocycles. The third kappa shape index (κ3) is 3.55. The average Bonchev–Trinajstić information content (AvgIpc) is 2.68. The summed E-state index contributed by atoms with van der Waals surface area (Å²) in [6, 6.07) is 17.0. The molecular weight excluding hydrogens is 343 g/mol. The summed E-state index contributed by atoms with van der Waals surface area (Å²) in [6.07, 6.45) is -2.57. The SMILES string of the molecule is CO[C@@H](c1ccccc1)[C@H](O)[C@@](O)(c1ccccc1)P(=O)(OC)OC. The highest BCUT2D eigenvalue weighted by molar-refractivity contribution is 7.55. The van der Waals surface area contributed by atoms with Crippen LogP contribution >= 0.6 is 7.60 Å². The van der Waals surface area contributed by atoms with Gasteiger partial charge >= 0.3 is 7.60 Å². The summed E-state index contributed by atoms with van der Waals surface area (Å²) in [7, 11) is -0.420. The molecule has 2 N–H and O–H groups in total. The monoisotopic (exact) mass is 366 g/mol. The lowest BCUT2D eigenvalue weighted by molar-refractivity contribution is -0.111. The third-order valence-electron chi connectivity index (χ3n) is 4.18. The Morgan fingerprint density at radius 2 is 1.40 bits per heavy atom. The first-order valence-corrected chi connectivity index (χ1v) is 9.24. The number of hydrogen-bond acceptors (Lipinski definition) is 6. The fraction of sp³-hybridized carbons (Fsp3) is 0.333. The van der Waals surface area contributed by atoms with E-state index in [2.05, 4.69) is 0 Å². The molecule has 0 aliphatic carbocycles. The number of aliphatic hydroxyl groups is 2. The predicted octanol–water partition coefficient (Wildman–Crippen LogP) is 3.07. The van der Waals surface area contributed by atoms with E-state index < -0.39 is 25.1 Å². The molecule has 2 rings (SSSR count). The molecule has 136 valence electrons. The number of methoxy groups -OCH3 is 1. The minimum absolute atomic E-state index is 0.201. The summed E-state index contributed by atoms with van der Waals surface area (Å²) in [6.45, 7) is 0. The lowest BCUT2D eigenvalue weighted by Gasteiger charge is -2.40. The van der Waals surface area contributed by atoms with Crippen molar-refractivity contribution in [2.24, 2.45) is 0 Å². The van der Waals surface area contributed by atoms with Crippen LogP contribution < -0.4 is 0 Å². The molecule has 0 amide bonds. The van der Waals surface area contributed by atoms with Crippen LogP contribution in [-0.4, -0.2) is 37.6 Å². The molecule has 0 radical (unpaired) electrons. The van der Waals surface area contributed by atoms with Gasteiger partial charge in [-0.1, -0.05) is 60.7 Å². The molecule has 0 fully saturated rings. The van der Waals surface area contributed by atoms with Crippen LogP contribution in [0.4, 0.5) is 0 Å². The van der Waals surface area contributed by atoms with Gasteiger partial charge < -0.3 is 24.0 Å². The smallest absolute Gasteiger partial charge is 0.368 e. The van der Waals surface area contributed by atoms with E-state index in [1.54, 1.807) is 54.6 Å². The number of aliphatic hydroxyl groups excluding tert-OH is 1. The first kappa shape index (κ1) is 19.8. The number of ether oxygens (including phenoxy) is 1. The van der Waals surface area contributed by atoms with Gasteiger partial charge in [0.2, 0.25) is 5.34 Å². The van der Waals surface area contributed by atoms with Crippen molar-refractivity contribution in [3.05, 3.63) is 71.8 Å². The molecule has 0 heterocycles. The Labute approximate surface area is 147 Å². The minimum Gasteiger partial charge on any atom is -0.386 e. The van der Waals surface area contributed by atoms with Gasteiger partial charge in [-0.15, -0.1) is 0 Å². The highest BCUT2D eigenvalue weighted by Crippen LogP contribution is 2.65. The first-order valence-electron chi connectivity index (χ1n) is 7.70. The van der Waals surface area contributed by atoms with Crippen molar-refractivity contribution >= 4 is 7.60 Å². The highest BCUT2D eigenvalue weighted by atomic mass is 31.2. The van der Waals surface area contributed by atoms with E-state index in [1.165, 1.54) is 7.11 Å². The molecule has 0 aromatic heterocycles. The Kier molecular flexibility index (Phi) is 6.52. The Morgan fingerprint density at radius 3 is 1.84 bits per heavy atom. The van der Waals surface area contributed by atoms with Crippen LogP contribution in [0.3, 0.4) is 0 Å². The molecular formula is C18H23O6P. The summed E-state index contributed by atoms with van der Waals surface area (Å²) >= 11 is 0. The van der Waals surface area contributed by atoms with Crippen molar-refractivity contribution in [1.29, 1.82) is 0 Å². The number of benzene rings is 2. The van der Waals surface area contributed by atoms with Crippen LogP contribution in [0, 0.1) is 0 Å². The lowest BCUT2D eigenvalue weighted by atomic mass is 9.95. The summed E-state index contributed by atoms with van der Waals surface area (Å²) in [4.78, 5) is 0. The first-order chi connectivity index (χ1) is 11.9. The fourth-order valence-corrected chi connectivity index (χ4v) is 4.46. The molecule has 0 spiro atoms. The lowest BCUT2D eigenvalue weighted by Crippen LogP contribution is -2.44. The fourth-order valence-electron chi connectivity index (χ4n) is 2.83. The van der Waals surface area contributed by atoms with Gasteiger partial charge in [-0.3, -0.25) is 4.57 Å². The van der Waals surface area contributed by atoms with Crippen molar-refractivity contribution in [1.82, 2.24) is 0 Å². The second-order valence-corrected chi connectivity index (χ2v) is 7.87. The van der Waals surface area contributed by atoms with Crippen molar-refractivity contribution in [2.45, 2.75) is 17.6 Å². The Bertz CT molecular complexity index is 700. The van der Waals surface area contributed by atoms with Gasteiger partial charge in [-0.25, -0.2) is 0 Å². The van der Waals surface area contributed by atoms with Crippen LogP contribution in [0.15, 0.2) is 60.7 Å². The summed E-state index contributed by atoms with van der Waals surface area (Å²) in [5.41, 5.74) is 0.818. The summed E-state index contributed by atoms with van der Waals surface area (Å²) in [5, 5.41) is 20.1. The predicted molar refractivity (Wildman–Crippen MR) is 94.2 cm³/mol. The normalized spacial score (nSPS) is 16.8. The van der Waals surface area contributed by atoms with Gasteiger partial charge in [0.1, 0.15) is 12.2 Å². The van der Waals surface area contributed by atoms with E-state index in [0.717, 1.165) is 14.2 Å². The van der Waals surface area contributed by atoms with E-state index in [1.807, 2.05) is 6.07 Å². The van der Waals surface area contributed by atoms with Crippen LogP contribution in [0.1, 0.15) is 17.2 Å². The van der Waals surface area contributed by atoms with Gasteiger partial charge in [0.25, 0.3) is 0 Å². The van der Waals surface area contributed by atoms with Crippen molar-refractivity contribution in [3.63, 3.8) is 0 Å². The third-order valence-corrected chi connectivity index (χ3v) is 6.50. The zero-order chi connectivity index (χ0) is 18.5. The van der Waals surface area contributed by atoms with Gasteiger partial charge in [-0.05, 0) is 11.1 Å². The molecule has 2 aromatic carbocycles. The Hall–Kier alpha value is -1.53. The Balaban J connectivity index is 2.61. The van der Waals surface area contributed by atoms with Gasteiger partial charge in [0, 0.05) is 21.3 Å². The van der Waals surface area contributed by atoms with Crippen LogP contribution in [0.5, 0.6) is 0 Å². The number of hydrogen-bond donors (Lipinski definition) is 2. The second kappa shape index (κ2) is 8.23. The summed E-state index contributed by atoms with van der Waals surface area (Å²) < 4.78 is 28.6. The van der Waals surface area contributed by atoms with E-state index in [4.69, 9.17) is 13.8 Å². The standard InChI is InChI=1S/C18H23O6P/c1-22-16(14-10-6-4-7-11-14)17(19)18(20,25(21,23-2)24-3)15-12-8-5-9-13-15/h4-13,16-17,19-20H,1-3H3/t16-,17-,18+/m0/s1. The highest BCUT2D eigenvalue weighted by Gasteiger charge is 2.58. The maximum Gasteiger partial charge on any atom is 0.368 e. The molecule has 25 heavy (non-hydrogen) atoms. The van der Waals surface area contributed by atoms with E-state index in [9.17, 15) is 14.8 Å². The quantitative estimate of drug-likeness (QED) is 0.699. The van der Waals surface area contributed by atoms with Crippen molar-refractivity contribution in [3.8, 4) is 0 Å². The van der Waals surface area contributed by atoms with E-state index in [0.29, 0.717) is 5.56 Å². The second-order valence-electron chi connectivity index (χ2n) is 5.47. The molecule has 2 aromatic rings. The van der Waals surface area contributed by atoms with E-state index in [-0.39, 0.29) is 5.56 Å². The molecule has 7 heteroatoms. The van der Waals surface area contributed by atoms with Crippen LogP contribution in [0.25, 0.3) is 0 Å². The minimum atomic E-state index is -4.14. The van der Waals surface area contributed by atoms with Crippen LogP contribution in [-0.2, 0) is 23.7 Å². The van der Waals surface area contributed by atoms with Gasteiger partial charge in [0.15, 0.2) is 0 Å².